The third-order valence-electron chi connectivity index (χ3n) is 1.68. The smallest absolute Gasteiger partial charge is 0.302 e. The van der Waals surface area contributed by atoms with E-state index in [0.29, 0.717) is 0 Å². The van der Waals surface area contributed by atoms with Gasteiger partial charge in [0.25, 0.3) is 0 Å². The van der Waals surface area contributed by atoms with E-state index in [1.165, 1.54) is 4.90 Å². The van der Waals surface area contributed by atoms with Crippen LogP contribution in [0.2, 0.25) is 0 Å². The Labute approximate surface area is 78.2 Å². The summed E-state index contributed by atoms with van der Waals surface area (Å²) in [6.07, 6.45) is 0. The molecule has 2 nitrogen and oxygen atoms in total. The average Bonchev–Trinajstić information content (AvgIpc) is 2.18. The molecule has 66 valence electrons. The molecule has 1 aromatic carbocycles. The van der Waals surface area contributed by atoms with Gasteiger partial charge in [-0.2, -0.15) is 0 Å². The Morgan fingerprint density at radius 2 is 1.92 bits per heavy atom. The van der Waals surface area contributed by atoms with Gasteiger partial charge in [0.2, 0.25) is 0 Å². The van der Waals surface area contributed by atoms with Crippen LogP contribution < -0.4 is 4.90 Å². The van der Waals surface area contributed by atoms with Crippen molar-refractivity contribution < 1.29 is 4.79 Å². The Kier molecular flexibility index (Phi) is 3.10. The summed E-state index contributed by atoms with van der Waals surface area (Å²) in [5.41, 5.74) is 0.857. The number of hydrogen-bond donors (Lipinski definition) is 0. The number of carbonyl (C=O) groups is 1. The Bertz CT molecular complexity index is 345. The molecule has 1 aromatic rings. The van der Waals surface area contributed by atoms with E-state index in [-0.39, 0.29) is 5.91 Å². The Balaban J connectivity index is 2.84. The second kappa shape index (κ2) is 4.32. The van der Waals surface area contributed by atoms with E-state index in [4.69, 9.17) is 0 Å². The van der Waals surface area contributed by atoms with Gasteiger partial charge in [0.15, 0.2) is 0 Å². The molecule has 0 fully saturated rings. The highest BCUT2D eigenvalue weighted by atomic mass is 16.2. The minimum absolute atomic E-state index is 0.186. The zero-order valence-corrected chi connectivity index (χ0v) is 7.74. The molecule has 0 N–H and O–H groups in total. The van der Waals surface area contributed by atoms with Crippen LogP contribution in [0.5, 0.6) is 0 Å². The molecule has 1 amide bonds. The predicted octanol–water partition coefficient (Wildman–Crippen LogP) is 1.67. The molecule has 0 radical (unpaired) electrons. The quantitative estimate of drug-likeness (QED) is 0.591. The summed E-state index contributed by atoms with van der Waals surface area (Å²) in [5, 5.41) is 0. The van der Waals surface area contributed by atoms with Crippen LogP contribution in [-0.4, -0.2) is 13.0 Å². The highest BCUT2D eigenvalue weighted by Gasteiger charge is 2.05. The summed E-state index contributed by atoms with van der Waals surface area (Å²) < 4.78 is 0. The summed E-state index contributed by atoms with van der Waals surface area (Å²) in [6, 6.07) is 9.43. The molecular weight excluding hydrogens is 162 g/mol. The molecule has 0 aliphatic rings. The molecule has 2 heteroatoms. The van der Waals surface area contributed by atoms with Gasteiger partial charge in [-0.25, -0.2) is 0 Å². The van der Waals surface area contributed by atoms with Gasteiger partial charge in [-0.1, -0.05) is 24.1 Å². The van der Waals surface area contributed by atoms with E-state index in [2.05, 4.69) is 11.8 Å². The number of benzene rings is 1. The minimum atomic E-state index is -0.186. The number of rotatable bonds is 1. The average molecular weight is 173 g/mol. The summed E-state index contributed by atoms with van der Waals surface area (Å²) in [6.45, 7) is 1.65. The van der Waals surface area contributed by atoms with Crippen molar-refractivity contribution in [2.75, 3.05) is 11.9 Å². The number of carbonyl (C=O) groups excluding carboxylic acids is 1. The molecule has 1 rings (SSSR count). The van der Waals surface area contributed by atoms with Gasteiger partial charge in [0.05, 0.1) is 0 Å². The van der Waals surface area contributed by atoms with Gasteiger partial charge in [0.1, 0.15) is 0 Å². The van der Waals surface area contributed by atoms with Crippen LogP contribution in [0.15, 0.2) is 30.3 Å². The van der Waals surface area contributed by atoms with Crippen LogP contribution in [0.1, 0.15) is 6.92 Å². The first-order valence-electron chi connectivity index (χ1n) is 4.01. The van der Waals surface area contributed by atoms with E-state index >= 15 is 0 Å². The van der Waals surface area contributed by atoms with E-state index in [1.807, 2.05) is 30.3 Å². The van der Waals surface area contributed by atoms with Crippen LogP contribution >= 0.6 is 0 Å². The zero-order valence-electron chi connectivity index (χ0n) is 7.74. The first-order valence-corrected chi connectivity index (χ1v) is 4.01. The third kappa shape index (κ3) is 2.34. The van der Waals surface area contributed by atoms with Gasteiger partial charge in [-0.05, 0) is 25.0 Å². The lowest BCUT2D eigenvalue weighted by molar-refractivity contribution is -0.113. The van der Waals surface area contributed by atoms with Crippen LogP contribution in [0, 0.1) is 11.8 Å². The van der Waals surface area contributed by atoms with Gasteiger partial charge in [-0.15, -0.1) is 0 Å². The summed E-state index contributed by atoms with van der Waals surface area (Å²) in [4.78, 5) is 12.8. The lowest BCUT2D eigenvalue weighted by Crippen LogP contribution is -2.24. The molecule has 0 spiro atoms. The van der Waals surface area contributed by atoms with Crippen molar-refractivity contribution in [1.82, 2.24) is 0 Å². The summed E-state index contributed by atoms with van der Waals surface area (Å²) in [5.74, 6) is 4.87. The van der Waals surface area contributed by atoms with Crippen molar-refractivity contribution in [2.24, 2.45) is 0 Å². The van der Waals surface area contributed by atoms with Gasteiger partial charge in [0, 0.05) is 12.7 Å². The lowest BCUT2D eigenvalue weighted by Gasteiger charge is -2.12. The van der Waals surface area contributed by atoms with Crippen LogP contribution in [-0.2, 0) is 4.79 Å². The third-order valence-corrected chi connectivity index (χ3v) is 1.68. The summed E-state index contributed by atoms with van der Waals surface area (Å²) >= 11 is 0. The number of nitrogens with zero attached hydrogens (tertiary/aromatic N) is 1. The number of amides is 1. The molecule has 0 atom stereocenters. The number of hydrogen-bond acceptors (Lipinski definition) is 1. The van der Waals surface area contributed by atoms with Crippen molar-refractivity contribution in [3.05, 3.63) is 30.3 Å². The summed E-state index contributed by atoms with van der Waals surface area (Å²) in [7, 11) is 1.71. The largest absolute Gasteiger partial charge is 0.305 e. The fraction of sp³-hybridized carbons (Fsp3) is 0.182. The topological polar surface area (TPSA) is 20.3 Å². The van der Waals surface area contributed by atoms with Crippen molar-refractivity contribution in [3.63, 3.8) is 0 Å². The second-order valence-electron chi connectivity index (χ2n) is 2.57. The molecule has 0 aromatic heterocycles. The molecule has 0 unspecified atom stereocenters. The molecule has 0 bridgehead atoms. The van der Waals surface area contributed by atoms with E-state index in [1.54, 1.807) is 14.0 Å². The van der Waals surface area contributed by atoms with Crippen LogP contribution in [0.3, 0.4) is 0 Å². The van der Waals surface area contributed by atoms with Gasteiger partial charge < -0.3 is 4.90 Å². The second-order valence-corrected chi connectivity index (χ2v) is 2.57. The highest BCUT2D eigenvalue weighted by Crippen LogP contribution is 2.10. The molecular formula is C11H11NO. The van der Waals surface area contributed by atoms with Crippen molar-refractivity contribution in [1.29, 1.82) is 0 Å². The Morgan fingerprint density at radius 3 is 2.46 bits per heavy atom. The van der Waals surface area contributed by atoms with Crippen molar-refractivity contribution >= 4 is 11.6 Å². The highest BCUT2D eigenvalue weighted by molar-refractivity contribution is 6.05. The number of para-hydroxylation sites is 1. The maximum Gasteiger partial charge on any atom is 0.302 e. The fourth-order valence-corrected chi connectivity index (χ4v) is 0.960. The van der Waals surface area contributed by atoms with Crippen LogP contribution in [0.25, 0.3) is 0 Å². The van der Waals surface area contributed by atoms with E-state index < -0.39 is 0 Å². The standard InChI is InChI=1S/C11H11NO/c1-3-7-11(13)12(2)10-8-5-4-6-9-10/h4-6,8-9H,1-2H3. The minimum Gasteiger partial charge on any atom is -0.305 e. The maximum atomic E-state index is 11.3. The van der Waals surface area contributed by atoms with Crippen molar-refractivity contribution in [2.45, 2.75) is 6.92 Å². The van der Waals surface area contributed by atoms with Crippen molar-refractivity contribution in [3.8, 4) is 11.8 Å². The van der Waals surface area contributed by atoms with Gasteiger partial charge >= 0.3 is 5.91 Å². The fourth-order valence-electron chi connectivity index (χ4n) is 0.960. The molecule has 13 heavy (non-hydrogen) atoms. The molecule has 0 saturated carbocycles. The molecule has 0 saturated heterocycles. The van der Waals surface area contributed by atoms with Gasteiger partial charge in [-0.3, -0.25) is 4.79 Å². The Hall–Kier alpha value is -1.75. The predicted molar refractivity (Wildman–Crippen MR) is 53.3 cm³/mol. The monoisotopic (exact) mass is 173 g/mol. The van der Waals surface area contributed by atoms with Crippen LogP contribution in [0.4, 0.5) is 5.69 Å². The first kappa shape index (κ1) is 9.34. The maximum absolute atomic E-state index is 11.3. The molecule has 0 heterocycles. The zero-order chi connectivity index (χ0) is 9.68. The normalized spacial score (nSPS) is 8.46. The lowest BCUT2D eigenvalue weighted by atomic mass is 10.3. The van der Waals surface area contributed by atoms with E-state index in [0.717, 1.165) is 5.69 Å². The molecule has 0 aliphatic carbocycles. The Morgan fingerprint density at radius 1 is 1.31 bits per heavy atom. The SMILES string of the molecule is CC#CC(=O)N(C)c1ccccc1. The number of anilines is 1. The van der Waals surface area contributed by atoms with E-state index in [9.17, 15) is 4.79 Å². The molecule has 0 aliphatic heterocycles. The first-order chi connectivity index (χ1) is 6.25.